The minimum atomic E-state index is -0.409. The van der Waals surface area contributed by atoms with Gasteiger partial charge in [-0.25, -0.2) is 4.79 Å². The smallest absolute Gasteiger partial charge is 0.341 e. The van der Waals surface area contributed by atoms with Gasteiger partial charge < -0.3 is 14.8 Å². The Kier molecular flexibility index (Phi) is 8.71. The van der Waals surface area contributed by atoms with E-state index in [9.17, 15) is 9.59 Å². The van der Waals surface area contributed by atoms with Gasteiger partial charge in [0.15, 0.2) is 17.1 Å². The van der Waals surface area contributed by atoms with E-state index >= 15 is 0 Å². The average Bonchev–Trinajstić information content (AvgIpc) is 3.42. The van der Waals surface area contributed by atoms with Crippen LogP contribution in [0.2, 0.25) is 0 Å². The number of methoxy groups -OCH3 is 1. The van der Waals surface area contributed by atoms with Crippen molar-refractivity contribution in [2.75, 3.05) is 18.2 Å². The van der Waals surface area contributed by atoms with E-state index in [-0.39, 0.29) is 17.8 Å². The van der Waals surface area contributed by atoms with Crippen molar-refractivity contribution in [3.05, 3.63) is 64.3 Å². The summed E-state index contributed by atoms with van der Waals surface area (Å²) in [5, 5.41) is 12.8. The second kappa shape index (κ2) is 12.0. The van der Waals surface area contributed by atoms with Gasteiger partial charge in [-0.05, 0) is 62.3 Å². The van der Waals surface area contributed by atoms with Crippen LogP contribution in [0.3, 0.4) is 0 Å². The number of rotatable bonds is 10. The summed E-state index contributed by atoms with van der Waals surface area (Å²) in [6, 6.07) is 7.83. The predicted octanol–water partition coefficient (Wildman–Crippen LogP) is 5.62. The molecule has 2 heterocycles. The molecule has 0 radical (unpaired) electrons. The number of anilines is 1. The molecule has 1 N–H and O–H groups in total. The number of nitrogens with one attached hydrogen (secondary N) is 1. The maximum absolute atomic E-state index is 12.9. The Morgan fingerprint density at radius 1 is 1.38 bits per heavy atom. The molecule has 1 amide bonds. The number of carbonyl (C=O) groups excluding carboxylic acids is 2. The molecule has 1 aliphatic rings. The van der Waals surface area contributed by atoms with Crippen LogP contribution in [0, 0.1) is 12.8 Å². The number of hydrogen-bond acceptors (Lipinski definition) is 8. The zero-order valence-corrected chi connectivity index (χ0v) is 23.2. The number of benzene rings is 1. The van der Waals surface area contributed by atoms with Crippen LogP contribution in [0.5, 0.6) is 5.75 Å². The summed E-state index contributed by atoms with van der Waals surface area (Å²) in [6.45, 7) is 10.5. The van der Waals surface area contributed by atoms with Crippen LogP contribution in [0.15, 0.2) is 42.1 Å². The van der Waals surface area contributed by atoms with Crippen LogP contribution in [0.4, 0.5) is 5.00 Å². The molecule has 37 heavy (non-hydrogen) atoms. The number of aromatic nitrogens is 3. The lowest BCUT2D eigenvalue weighted by Crippen LogP contribution is -2.17. The fourth-order valence-electron chi connectivity index (χ4n) is 4.40. The van der Waals surface area contributed by atoms with Crippen molar-refractivity contribution in [2.24, 2.45) is 5.92 Å². The van der Waals surface area contributed by atoms with Gasteiger partial charge >= 0.3 is 5.97 Å². The van der Waals surface area contributed by atoms with Crippen molar-refractivity contribution in [1.29, 1.82) is 0 Å². The summed E-state index contributed by atoms with van der Waals surface area (Å²) in [4.78, 5) is 26.6. The van der Waals surface area contributed by atoms with E-state index < -0.39 is 5.97 Å². The van der Waals surface area contributed by atoms with E-state index in [0.717, 1.165) is 41.0 Å². The number of allylic oxidation sites excluding steroid dienone is 1. The Labute approximate surface area is 225 Å². The molecule has 0 saturated carbocycles. The summed E-state index contributed by atoms with van der Waals surface area (Å²) in [6.07, 6.45) is 4.16. The topological polar surface area (TPSA) is 95.3 Å². The van der Waals surface area contributed by atoms with Gasteiger partial charge in [-0.2, -0.15) is 0 Å². The molecule has 3 aromatic rings. The van der Waals surface area contributed by atoms with Crippen LogP contribution >= 0.6 is 23.1 Å². The zero-order chi connectivity index (χ0) is 26.5. The minimum absolute atomic E-state index is 0.113. The number of aryl methyl sites for hydroxylation is 1. The number of carbonyl (C=O) groups is 2. The molecule has 1 aromatic carbocycles. The first kappa shape index (κ1) is 26.9. The van der Waals surface area contributed by atoms with Crippen LogP contribution < -0.4 is 10.1 Å². The Hall–Kier alpha value is -3.11. The molecule has 0 saturated heterocycles. The monoisotopic (exact) mass is 540 g/mol. The first-order chi connectivity index (χ1) is 17.8. The van der Waals surface area contributed by atoms with Gasteiger partial charge in [0.05, 0.1) is 18.4 Å². The van der Waals surface area contributed by atoms with Crippen LogP contribution in [-0.2, 0) is 28.9 Å². The van der Waals surface area contributed by atoms with Gasteiger partial charge in [0, 0.05) is 11.4 Å². The van der Waals surface area contributed by atoms with E-state index in [1.165, 1.54) is 30.2 Å². The SMILES string of the molecule is C=CCn1c(SCC(=O)Nc2sc3c(c2C(=O)OC)CCC(C)C3)nnc1C(C)Oc1cccc(C)c1. The molecular formula is C27H32N4O4S2. The number of thiophene rings is 1. The summed E-state index contributed by atoms with van der Waals surface area (Å²) >= 11 is 2.75. The third-order valence-electron chi connectivity index (χ3n) is 6.21. The maximum Gasteiger partial charge on any atom is 0.341 e. The van der Waals surface area contributed by atoms with Gasteiger partial charge in [-0.3, -0.25) is 9.36 Å². The molecule has 0 spiro atoms. The van der Waals surface area contributed by atoms with Crippen LogP contribution in [-0.4, -0.2) is 39.5 Å². The van der Waals surface area contributed by atoms with Crippen LogP contribution in [0.1, 0.15) is 58.6 Å². The van der Waals surface area contributed by atoms with Gasteiger partial charge in [0.2, 0.25) is 5.91 Å². The fraction of sp³-hybridized carbons (Fsp3) is 0.407. The molecule has 196 valence electrons. The molecule has 8 nitrogen and oxygen atoms in total. The quantitative estimate of drug-likeness (QED) is 0.203. The number of esters is 1. The predicted molar refractivity (Wildman–Crippen MR) is 147 cm³/mol. The number of thioether (sulfide) groups is 1. The summed E-state index contributed by atoms with van der Waals surface area (Å²) < 4.78 is 13.0. The molecule has 4 rings (SSSR count). The molecular weight excluding hydrogens is 508 g/mol. The van der Waals surface area contributed by atoms with Crippen molar-refractivity contribution in [1.82, 2.24) is 14.8 Å². The molecule has 2 aromatic heterocycles. The highest BCUT2D eigenvalue weighted by Gasteiger charge is 2.29. The minimum Gasteiger partial charge on any atom is -0.483 e. The molecule has 0 bridgehead atoms. The molecule has 0 aliphatic heterocycles. The Balaban J connectivity index is 1.46. The third kappa shape index (κ3) is 6.24. The number of amides is 1. The van der Waals surface area contributed by atoms with Crippen molar-refractivity contribution in [3.63, 3.8) is 0 Å². The summed E-state index contributed by atoms with van der Waals surface area (Å²) in [5.41, 5.74) is 2.61. The lowest BCUT2D eigenvalue weighted by atomic mass is 9.88. The number of nitrogens with zero attached hydrogens (tertiary/aromatic N) is 3. The van der Waals surface area contributed by atoms with Gasteiger partial charge in [0.1, 0.15) is 10.8 Å². The van der Waals surface area contributed by atoms with Gasteiger partial charge in [-0.1, -0.05) is 36.9 Å². The summed E-state index contributed by atoms with van der Waals surface area (Å²) in [7, 11) is 1.37. The van der Waals surface area contributed by atoms with E-state index in [0.29, 0.717) is 34.0 Å². The zero-order valence-electron chi connectivity index (χ0n) is 21.6. The highest BCUT2D eigenvalue weighted by atomic mass is 32.2. The Bertz CT molecular complexity index is 1300. The highest BCUT2D eigenvalue weighted by Crippen LogP contribution is 2.40. The third-order valence-corrected chi connectivity index (χ3v) is 8.35. The average molecular weight is 541 g/mol. The first-order valence-electron chi connectivity index (χ1n) is 12.2. The molecule has 1 aliphatic carbocycles. The fourth-order valence-corrected chi connectivity index (χ4v) is 6.57. The highest BCUT2D eigenvalue weighted by molar-refractivity contribution is 7.99. The number of ether oxygens (including phenoxy) is 2. The van der Waals surface area contributed by atoms with Crippen LogP contribution in [0.25, 0.3) is 0 Å². The van der Waals surface area contributed by atoms with Crippen molar-refractivity contribution in [3.8, 4) is 5.75 Å². The lowest BCUT2D eigenvalue weighted by Gasteiger charge is -2.18. The van der Waals surface area contributed by atoms with Crippen molar-refractivity contribution >= 4 is 40.0 Å². The second-order valence-electron chi connectivity index (χ2n) is 9.20. The number of hydrogen-bond donors (Lipinski definition) is 1. The van der Waals surface area contributed by atoms with E-state index in [1.807, 2.05) is 42.7 Å². The Morgan fingerprint density at radius 3 is 2.92 bits per heavy atom. The first-order valence-corrected chi connectivity index (χ1v) is 14.0. The van der Waals surface area contributed by atoms with Crippen molar-refractivity contribution in [2.45, 2.75) is 57.8 Å². The summed E-state index contributed by atoms with van der Waals surface area (Å²) in [5.74, 6) is 1.44. The van der Waals surface area contributed by atoms with Gasteiger partial charge in [-0.15, -0.1) is 28.1 Å². The second-order valence-corrected chi connectivity index (χ2v) is 11.2. The van der Waals surface area contributed by atoms with E-state index in [2.05, 4.69) is 29.0 Å². The number of fused-ring (bicyclic) bond motifs is 1. The van der Waals surface area contributed by atoms with Crippen molar-refractivity contribution < 1.29 is 19.1 Å². The standard InChI is InChI=1S/C27H32N4O4S2/c1-6-12-31-24(18(4)35-19-9-7-8-16(2)13-19)29-30-27(31)36-15-22(32)28-25-23(26(33)34-5)20-11-10-17(3)14-21(20)37-25/h6-9,13,17-18H,1,10-12,14-15H2,2-5H3,(H,28,32). The van der Waals surface area contributed by atoms with E-state index in [1.54, 1.807) is 6.08 Å². The molecule has 2 unspecified atom stereocenters. The normalized spacial score (nSPS) is 15.5. The van der Waals surface area contributed by atoms with Gasteiger partial charge in [0.25, 0.3) is 0 Å². The van der Waals surface area contributed by atoms with E-state index in [4.69, 9.17) is 9.47 Å². The maximum atomic E-state index is 12.9. The molecule has 0 fully saturated rings. The Morgan fingerprint density at radius 2 is 2.19 bits per heavy atom. The molecule has 10 heteroatoms. The lowest BCUT2D eigenvalue weighted by molar-refractivity contribution is -0.113. The largest absolute Gasteiger partial charge is 0.483 e. The molecule has 2 atom stereocenters.